The summed E-state index contributed by atoms with van der Waals surface area (Å²) in [4.78, 5) is 11.6. The van der Waals surface area contributed by atoms with Gasteiger partial charge in [-0.25, -0.2) is 5.84 Å². The normalized spacial score (nSPS) is 15.5. The lowest BCUT2D eigenvalue weighted by Crippen LogP contribution is -2.31. The van der Waals surface area contributed by atoms with Gasteiger partial charge in [0.2, 0.25) is 0 Å². The first-order chi connectivity index (χ1) is 9.29. The molecule has 3 rings (SSSR count). The van der Waals surface area contributed by atoms with Crippen molar-refractivity contribution in [3.63, 3.8) is 0 Å². The fraction of sp³-hybridized carbons (Fsp3) is 0.143. The van der Waals surface area contributed by atoms with Crippen molar-refractivity contribution in [3.8, 4) is 0 Å². The lowest BCUT2D eigenvalue weighted by Gasteiger charge is -1.96. The van der Waals surface area contributed by atoms with Crippen molar-refractivity contribution in [1.82, 2.24) is 15.6 Å². The van der Waals surface area contributed by atoms with Gasteiger partial charge in [0.1, 0.15) is 5.69 Å². The molecule has 0 radical (unpaired) electrons. The molecule has 1 aromatic carbocycles. The summed E-state index contributed by atoms with van der Waals surface area (Å²) in [6.45, 7) is 0. The molecule has 0 spiro atoms. The van der Waals surface area contributed by atoms with Gasteiger partial charge >= 0.3 is 0 Å². The molecule has 5 heteroatoms. The van der Waals surface area contributed by atoms with Gasteiger partial charge in [0.05, 0.1) is 5.69 Å². The van der Waals surface area contributed by atoms with Gasteiger partial charge in [0.25, 0.3) is 5.91 Å². The highest BCUT2D eigenvalue weighted by molar-refractivity contribution is 5.96. The lowest BCUT2D eigenvalue weighted by atomic mass is 10.1. The standard InChI is InChI=1S/C14H14N4O/c15-16-14(19)13-11-7-6-10(12(11)17-18-13)8-9-4-2-1-3-5-9/h1-5,8H,6-7,15H2,(H,16,19)(H,17,18)/b10-8+. The topological polar surface area (TPSA) is 83.8 Å². The SMILES string of the molecule is NNC(=O)c1[nH]nc2c1CC/C2=C\c1ccccc1. The molecule has 2 aromatic rings. The summed E-state index contributed by atoms with van der Waals surface area (Å²) in [5.41, 5.74) is 6.71. The van der Waals surface area contributed by atoms with E-state index < -0.39 is 0 Å². The van der Waals surface area contributed by atoms with Crippen molar-refractivity contribution in [2.24, 2.45) is 5.84 Å². The maximum atomic E-state index is 11.6. The number of hydrogen-bond acceptors (Lipinski definition) is 3. The number of hydrazine groups is 1. The van der Waals surface area contributed by atoms with Crippen LogP contribution in [-0.2, 0) is 6.42 Å². The van der Waals surface area contributed by atoms with E-state index in [0.717, 1.165) is 35.2 Å². The number of nitrogens with one attached hydrogen (secondary N) is 2. The summed E-state index contributed by atoms with van der Waals surface area (Å²) in [5, 5.41) is 6.99. The van der Waals surface area contributed by atoms with Crippen LogP contribution < -0.4 is 11.3 Å². The number of nitrogens with zero attached hydrogens (tertiary/aromatic N) is 1. The maximum Gasteiger partial charge on any atom is 0.283 e. The smallest absolute Gasteiger partial charge is 0.283 e. The van der Waals surface area contributed by atoms with Gasteiger partial charge in [-0.05, 0) is 30.1 Å². The second kappa shape index (κ2) is 4.70. The van der Waals surface area contributed by atoms with E-state index in [4.69, 9.17) is 5.84 Å². The van der Waals surface area contributed by atoms with Gasteiger partial charge in [-0.2, -0.15) is 5.10 Å². The van der Waals surface area contributed by atoms with Crippen molar-refractivity contribution >= 4 is 17.6 Å². The summed E-state index contributed by atoms with van der Waals surface area (Å²) in [5.74, 6) is 4.83. The Morgan fingerprint density at radius 3 is 2.84 bits per heavy atom. The average molecular weight is 254 g/mol. The quantitative estimate of drug-likeness (QED) is 0.431. The van der Waals surface area contributed by atoms with E-state index in [1.165, 1.54) is 0 Å². The fourth-order valence-electron chi connectivity index (χ4n) is 2.40. The number of fused-ring (bicyclic) bond motifs is 1. The first-order valence-corrected chi connectivity index (χ1v) is 6.14. The Hall–Kier alpha value is -2.40. The Balaban J connectivity index is 1.97. The van der Waals surface area contributed by atoms with E-state index in [1.807, 2.05) is 30.3 Å². The molecular formula is C14H14N4O. The van der Waals surface area contributed by atoms with E-state index in [1.54, 1.807) is 0 Å². The zero-order valence-electron chi connectivity index (χ0n) is 10.3. The third-order valence-electron chi connectivity index (χ3n) is 3.31. The molecule has 5 nitrogen and oxygen atoms in total. The monoisotopic (exact) mass is 254 g/mol. The van der Waals surface area contributed by atoms with Gasteiger partial charge in [0, 0.05) is 5.56 Å². The van der Waals surface area contributed by atoms with Crippen LogP contribution in [0.3, 0.4) is 0 Å². The number of nitrogens with two attached hydrogens (primary N) is 1. The molecule has 0 fully saturated rings. The Morgan fingerprint density at radius 1 is 1.32 bits per heavy atom. The molecule has 0 saturated heterocycles. The molecule has 1 aliphatic rings. The number of aromatic nitrogens is 2. The molecule has 96 valence electrons. The molecule has 0 aliphatic heterocycles. The summed E-state index contributed by atoms with van der Waals surface area (Å²) in [7, 11) is 0. The Morgan fingerprint density at radius 2 is 2.11 bits per heavy atom. The first kappa shape index (κ1) is 11.7. The number of rotatable bonds is 2. The summed E-state index contributed by atoms with van der Waals surface area (Å²) in [6, 6.07) is 10.1. The van der Waals surface area contributed by atoms with Crippen LogP contribution in [0, 0.1) is 0 Å². The zero-order valence-corrected chi connectivity index (χ0v) is 10.3. The number of H-pyrrole nitrogens is 1. The van der Waals surface area contributed by atoms with Gasteiger partial charge in [-0.15, -0.1) is 0 Å². The lowest BCUT2D eigenvalue weighted by molar-refractivity contribution is 0.0947. The maximum absolute atomic E-state index is 11.6. The molecule has 0 atom stereocenters. The van der Waals surface area contributed by atoms with Crippen molar-refractivity contribution in [3.05, 3.63) is 52.8 Å². The minimum absolute atomic E-state index is 0.324. The summed E-state index contributed by atoms with van der Waals surface area (Å²) < 4.78 is 0. The van der Waals surface area contributed by atoms with E-state index >= 15 is 0 Å². The number of amides is 1. The molecule has 19 heavy (non-hydrogen) atoms. The van der Waals surface area contributed by atoms with Crippen LogP contribution in [0.1, 0.15) is 33.7 Å². The van der Waals surface area contributed by atoms with Crippen LogP contribution in [0.25, 0.3) is 11.6 Å². The first-order valence-electron chi connectivity index (χ1n) is 6.14. The molecule has 1 aliphatic carbocycles. The highest BCUT2D eigenvalue weighted by atomic mass is 16.2. The molecule has 0 bridgehead atoms. The number of nitrogen functional groups attached to an aromatic ring is 1. The van der Waals surface area contributed by atoms with Gasteiger partial charge in [0.15, 0.2) is 0 Å². The number of benzene rings is 1. The van der Waals surface area contributed by atoms with Crippen LogP contribution in [0.15, 0.2) is 30.3 Å². The van der Waals surface area contributed by atoms with E-state index in [2.05, 4.69) is 21.7 Å². The summed E-state index contributed by atoms with van der Waals surface area (Å²) >= 11 is 0. The van der Waals surface area contributed by atoms with Crippen molar-refractivity contribution in [1.29, 1.82) is 0 Å². The second-order valence-electron chi connectivity index (χ2n) is 4.48. The average Bonchev–Trinajstić information content (AvgIpc) is 3.02. The van der Waals surface area contributed by atoms with E-state index in [-0.39, 0.29) is 5.91 Å². The molecule has 1 amide bonds. The fourth-order valence-corrected chi connectivity index (χ4v) is 2.40. The number of hydrogen-bond donors (Lipinski definition) is 3. The molecule has 0 unspecified atom stereocenters. The van der Waals surface area contributed by atoms with Gasteiger partial charge in [-0.1, -0.05) is 30.3 Å². The number of carbonyl (C=O) groups excluding carboxylic acids is 1. The largest absolute Gasteiger partial charge is 0.289 e. The number of aromatic amines is 1. The summed E-state index contributed by atoms with van der Waals surface area (Å²) in [6.07, 6.45) is 3.82. The van der Waals surface area contributed by atoms with Crippen LogP contribution in [0.2, 0.25) is 0 Å². The van der Waals surface area contributed by atoms with Crippen molar-refractivity contribution in [2.45, 2.75) is 12.8 Å². The molecular weight excluding hydrogens is 240 g/mol. The Labute approximate surface area is 110 Å². The predicted octanol–water partition coefficient (Wildman–Crippen LogP) is 1.50. The minimum Gasteiger partial charge on any atom is -0.289 e. The third kappa shape index (κ3) is 2.04. The third-order valence-corrected chi connectivity index (χ3v) is 3.31. The minimum atomic E-state index is -0.324. The van der Waals surface area contributed by atoms with Crippen LogP contribution in [-0.4, -0.2) is 16.1 Å². The second-order valence-corrected chi connectivity index (χ2v) is 4.48. The van der Waals surface area contributed by atoms with E-state index in [9.17, 15) is 4.79 Å². The van der Waals surface area contributed by atoms with Crippen molar-refractivity contribution < 1.29 is 4.79 Å². The molecule has 1 aromatic heterocycles. The molecule has 1 heterocycles. The highest BCUT2D eigenvalue weighted by Gasteiger charge is 2.25. The van der Waals surface area contributed by atoms with E-state index in [0.29, 0.717) is 5.69 Å². The molecule has 4 N–H and O–H groups in total. The highest BCUT2D eigenvalue weighted by Crippen LogP contribution is 2.33. The van der Waals surface area contributed by atoms with Gasteiger partial charge in [-0.3, -0.25) is 15.3 Å². The van der Waals surface area contributed by atoms with Crippen LogP contribution in [0.5, 0.6) is 0 Å². The van der Waals surface area contributed by atoms with Crippen LogP contribution >= 0.6 is 0 Å². The molecule has 0 saturated carbocycles. The number of carbonyl (C=O) groups is 1. The zero-order chi connectivity index (χ0) is 13.2. The Bertz CT molecular complexity index is 643. The van der Waals surface area contributed by atoms with Gasteiger partial charge < -0.3 is 0 Å². The predicted molar refractivity (Wildman–Crippen MR) is 72.9 cm³/mol. The Kier molecular flexibility index (Phi) is 2.89. The van der Waals surface area contributed by atoms with Crippen molar-refractivity contribution in [2.75, 3.05) is 0 Å². The number of allylic oxidation sites excluding steroid dienone is 1. The van der Waals surface area contributed by atoms with Crippen LogP contribution in [0.4, 0.5) is 0 Å².